The van der Waals surface area contributed by atoms with E-state index in [1.165, 1.54) is 12.1 Å². The summed E-state index contributed by atoms with van der Waals surface area (Å²) in [5.74, 6) is -2.74. The van der Waals surface area contributed by atoms with Gasteiger partial charge in [0.25, 0.3) is 5.91 Å². The van der Waals surface area contributed by atoms with E-state index in [9.17, 15) is 23.2 Å². The number of imide groups is 1. The van der Waals surface area contributed by atoms with Gasteiger partial charge in [0.2, 0.25) is 5.91 Å². The van der Waals surface area contributed by atoms with Gasteiger partial charge in [0, 0.05) is 62.4 Å². The van der Waals surface area contributed by atoms with E-state index < -0.39 is 29.1 Å². The number of halogens is 2. The number of hydrogen-bond acceptors (Lipinski definition) is 5. The first-order valence-electron chi connectivity index (χ1n) is 10.9. The summed E-state index contributed by atoms with van der Waals surface area (Å²) < 4.78 is 26.9. The third kappa shape index (κ3) is 3.92. The number of rotatable bonds is 5. The summed E-state index contributed by atoms with van der Waals surface area (Å²) in [6.07, 6.45) is 0.236. The molecule has 1 aromatic carbocycles. The molecule has 3 saturated heterocycles. The molecule has 32 heavy (non-hydrogen) atoms. The van der Waals surface area contributed by atoms with E-state index in [1.807, 2.05) is 18.9 Å². The number of carbonyl (C=O) groups is 3. The molecule has 10 heteroatoms. The Labute approximate surface area is 185 Å². The molecule has 3 fully saturated rings. The van der Waals surface area contributed by atoms with E-state index in [-0.39, 0.29) is 30.2 Å². The van der Waals surface area contributed by atoms with Crippen LogP contribution in [0.3, 0.4) is 0 Å². The molecular weight excluding hydrogens is 420 g/mol. The van der Waals surface area contributed by atoms with Crippen molar-refractivity contribution in [3.8, 4) is 0 Å². The number of piperazine rings is 1. The van der Waals surface area contributed by atoms with Crippen molar-refractivity contribution < 1.29 is 23.2 Å². The summed E-state index contributed by atoms with van der Waals surface area (Å²) in [7, 11) is 1.95. The van der Waals surface area contributed by atoms with Gasteiger partial charge in [-0.15, -0.1) is 0 Å². The second-order valence-electron chi connectivity index (χ2n) is 9.33. The van der Waals surface area contributed by atoms with Gasteiger partial charge in [0.15, 0.2) is 11.6 Å². The normalized spacial score (nSPS) is 27.7. The van der Waals surface area contributed by atoms with Crippen LogP contribution in [0.2, 0.25) is 0 Å². The lowest BCUT2D eigenvalue weighted by Gasteiger charge is -2.47. The summed E-state index contributed by atoms with van der Waals surface area (Å²) in [6, 6.07) is 3.21. The number of anilines is 1. The summed E-state index contributed by atoms with van der Waals surface area (Å²) in [6.45, 7) is 6.43. The van der Waals surface area contributed by atoms with Crippen molar-refractivity contribution in [2.24, 2.45) is 11.8 Å². The number of carbonyl (C=O) groups excluding carboxylic acids is 3. The van der Waals surface area contributed by atoms with Crippen LogP contribution < -0.4 is 15.5 Å². The maximum absolute atomic E-state index is 13.7. The van der Waals surface area contributed by atoms with E-state index in [2.05, 4.69) is 15.5 Å². The summed E-state index contributed by atoms with van der Waals surface area (Å²) in [5.41, 5.74) is -0.493. The molecule has 1 aromatic rings. The van der Waals surface area contributed by atoms with Crippen LogP contribution >= 0.6 is 0 Å². The molecule has 3 heterocycles. The predicted molar refractivity (Wildman–Crippen MR) is 114 cm³/mol. The summed E-state index contributed by atoms with van der Waals surface area (Å²) >= 11 is 0. The van der Waals surface area contributed by atoms with Gasteiger partial charge in [0.05, 0.1) is 0 Å². The highest BCUT2D eigenvalue weighted by molar-refractivity contribution is 6.07. The number of urea groups is 1. The maximum Gasteiger partial charge on any atom is 0.322 e. The standard InChI is InChI=1S/C22H29F2N5O3/c1-13(9-22(15-11-27(3)12-15)20(31)25-21(32)26-22)19(30)28-6-7-29(14(2)10-28)16-4-5-17(23)18(24)8-16/h4-5,8,13-15H,6-7,9-12H2,1-3H3,(H2,25,26,31,32)/t13-,14+,22-/m1/s1. The van der Waals surface area contributed by atoms with Crippen LogP contribution in [0, 0.1) is 23.5 Å². The molecule has 0 saturated carbocycles. The quantitative estimate of drug-likeness (QED) is 0.660. The Kier molecular flexibility index (Phi) is 5.83. The Bertz CT molecular complexity index is 938. The first-order valence-corrected chi connectivity index (χ1v) is 10.9. The molecule has 0 aromatic heterocycles. The van der Waals surface area contributed by atoms with Crippen molar-refractivity contribution in [2.45, 2.75) is 31.8 Å². The minimum Gasteiger partial charge on any atom is -0.365 e. The lowest BCUT2D eigenvalue weighted by Crippen LogP contribution is -2.65. The van der Waals surface area contributed by atoms with Crippen LogP contribution in [-0.4, -0.2) is 79.0 Å². The van der Waals surface area contributed by atoms with Crippen LogP contribution in [0.5, 0.6) is 0 Å². The largest absolute Gasteiger partial charge is 0.365 e. The highest BCUT2D eigenvalue weighted by atomic mass is 19.2. The van der Waals surface area contributed by atoms with Crippen LogP contribution in [0.4, 0.5) is 19.3 Å². The fraction of sp³-hybridized carbons (Fsp3) is 0.591. The Morgan fingerprint density at radius 3 is 2.47 bits per heavy atom. The molecular formula is C22H29F2N5O3. The Balaban J connectivity index is 1.42. The zero-order chi connectivity index (χ0) is 23.2. The zero-order valence-electron chi connectivity index (χ0n) is 18.5. The molecule has 4 amide bonds. The Morgan fingerprint density at radius 1 is 1.19 bits per heavy atom. The first-order chi connectivity index (χ1) is 15.1. The van der Waals surface area contributed by atoms with Crippen LogP contribution in [0.1, 0.15) is 20.3 Å². The average molecular weight is 450 g/mol. The van der Waals surface area contributed by atoms with Gasteiger partial charge in [-0.1, -0.05) is 6.92 Å². The lowest BCUT2D eigenvalue weighted by atomic mass is 9.73. The molecule has 8 nitrogen and oxygen atoms in total. The molecule has 3 aliphatic rings. The lowest BCUT2D eigenvalue weighted by molar-refractivity contribution is -0.138. The third-order valence-electron chi connectivity index (χ3n) is 6.95. The van der Waals surface area contributed by atoms with E-state index in [4.69, 9.17) is 0 Å². The van der Waals surface area contributed by atoms with Gasteiger partial charge in [-0.3, -0.25) is 14.9 Å². The second-order valence-corrected chi connectivity index (χ2v) is 9.33. The fourth-order valence-corrected chi connectivity index (χ4v) is 5.20. The van der Waals surface area contributed by atoms with Gasteiger partial charge in [0.1, 0.15) is 5.54 Å². The molecule has 0 spiro atoms. The molecule has 4 rings (SSSR count). The molecule has 0 unspecified atom stereocenters. The number of amides is 4. The number of likely N-dealkylation sites (tertiary alicyclic amines) is 1. The molecule has 0 radical (unpaired) electrons. The van der Waals surface area contributed by atoms with Crippen LogP contribution in [0.15, 0.2) is 18.2 Å². The number of nitrogens with zero attached hydrogens (tertiary/aromatic N) is 3. The van der Waals surface area contributed by atoms with E-state index >= 15 is 0 Å². The number of hydrogen-bond donors (Lipinski definition) is 2. The van der Waals surface area contributed by atoms with Crippen molar-refractivity contribution in [2.75, 3.05) is 44.7 Å². The monoisotopic (exact) mass is 449 g/mol. The maximum atomic E-state index is 13.7. The number of nitrogens with one attached hydrogen (secondary N) is 2. The molecule has 0 bridgehead atoms. The summed E-state index contributed by atoms with van der Waals surface area (Å²) in [5, 5.41) is 5.14. The van der Waals surface area contributed by atoms with Crippen LogP contribution in [-0.2, 0) is 9.59 Å². The average Bonchev–Trinajstić information content (AvgIpc) is 3.00. The Hall–Kier alpha value is -2.75. The first kappa shape index (κ1) is 22.4. The molecule has 3 atom stereocenters. The third-order valence-corrected chi connectivity index (χ3v) is 6.95. The minimum absolute atomic E-state index is 0.0432. The van der Waals surface area contributed by atoms with Gasteiger partial charge >= 0.3 is 6.03 Å². The van der Waals surface area contributed by atoms with Crippen LogP contribution in [0.25, 0.3) is 0 Å². The SMILES string of the molecule is C[C@H](C[C@]1(C2CN(C)C2)NC(=O)NC1=O)C(=O)N1CCN(c2ccc(F)c(F)c2)[C@@H](C)C1. The Morgan fingerprint density at radius 2 is 1.91 bits per heavy atom. The zero-order valence-corrected chi connectivity index (χ0v) is 18.5. The van der Waals surface area contributed by atoms with E-state index in [0.29, 0.717) is 38.4 Å². The molecule has 2 N–H and O–H groups in total. The van der Waals surface area contributed by atoms with Crippen molar-refractivity contribution in [3.63, 3.8) is 0 Å². The highest BCUT2D eigenvalue weighted by Gasteiger charge is 2.56. The fourth-order valence-electron chi connectivity index (χ4n) is 5.20. The molecule has 0 aliphatic carbocycles. The van der Waals surface area contributed by atoms with Crippen molar-refractivity contribution in [3.05, 3.63) is 29.8 Å². The van der Waals surface area contributed by atoms with Crippen molar-refractivity contribution in [1.82, 2.24) is 20.4 Å². The molecule has 3 aliphatic heterocycles. The predicted octanol–water partition coefficient (Wildman–Crippen LogP) is 1.17. The van der Waals surface area contributed by atoms with E-state index in [1.54, 1.807) is 11.8 Å². The van der Waals surface area contributed by atoms with Crippen molar-refractivity contribution in [1.29, 1.82) is 0 Å². The minimum atomic E-state index is -1.07. The van der Waals surface area contributed by atoms with Gasteiger partial charge in [-0.25, -0.2) is 13.6 Å². The van der Waals surface area contributed by atoms with Gasteiger partial charge in [-0.2, -0.15) is 0 Å². The second kappa shape index (κ2) is 8.31. The number of benzene rings is 1. The van der Waals surface area contributed by atoms with Gasteiger partial charge in [-0.05, 0) is 32.5 Å². The van der Waals surface area contributed by atoms with Gasteiger partial charge < -0.3 is 20.0 Å². The molecule has 174 valence electrons. The summed E-state index contributed by atoms with van der Waals surface area (Å²) in [4.78, 5) is 43.6. The topological polar surface area (TPSA) is 85.0 Å². The smallest absolute Gasteiger partial charge is 0.322 e. The highest BCUT2D eigenvalue weighted by Crippen LogP contribution is 2.35. The van der Waals surface area contributed by atoms with Crippen molar-refractivity contribution >= 4 is 23.5 Å². The van der Waals surface area contributed by atoms with E-state index in [0.717, 1.165) is 6.07 Å².